The average molecular weight is 599 g/mol. The molecule has 1 amide bonds. The van der Waals surface area contributed by atoms with Gasteiger partial charge in [-0.05, 0) is 41.9 Å². The molecule has 1 aromatic carbocycles. The highest BCUT2D eigenvalue weighted by Gasteiger charge is 2.40. The third kappa shape index (κ3) is 5.53. The van der Waals surface area contributed by atoms with E-state index in [1.54, 1.807) is 27.8 Å². The average Bonchev–Trinajstić information content (AvgIpc) is 3.56. The van der Waals surface area contributed by atoms with Crippen LogP contribution in [0.1, 0.15) is 38.1 Å². The number of nitrogens with zero attached hydrogens (tertiary/aromatic N) is 6. The van der Waals surface area contributed by atoms with Gasteiger partial charge in [0.15, 0.2) is 8.32 Å². The molecule has 1 atom stereocenters. The van der Waals surface area contributed by atoms with Gasteiger partial charge in [-0.1, -0.05) is 56.1 Å². The summed E-state index contributed by atoms with van der Waals surface area (Å²) in [7, 11) is -0.239. The molecule has 0 bridgehead atoms. The number of hydrogen-bond acceptors (Lipinski definition) is 6. The van der Waals surface area contributed by atoms with Gasteiger partial charge in [0.05, 0.1) is 42.3 Å². The van der Waals surface area contributed by atoms with E-state index in [0.717, 1.165) is 22.6 Å². The Morgan fingerprint density at radius 1 is 1.18 bits per heavy atom. The number of aryl methyl sites for hydroxylation is 1. The Kier molecular flexibility index (Phi) is 7.56. The van der Waals surface area contributed by atoms with Crippen molar-refractivity contribution in [1.29, 1.82) is 0 Å². The minimum atomic E-state index is -2.06. The smallest absolute Gasteiger partial charge is 0.329 e. The van der Waals surface area contributed by atoms with Gasteiger partial charge in [-0.3, -0.25) is 9.25 Å². The van der Waals surface area contributed by atoms with E-state index in [1.165, 1.54) is 0 Å². The topological polar surface area (TPSA) is 90.1 Å². The molecule has 4 heterocycles. The van der Waals surface area contributed by atoms with Gasteiger partial charge in [0.25, 0.3) is 0 Å². The summed E-state index contributed by atoms with van der Waals surface area (Å²) in [5.74, 6) is 1.12. The third-order valence-corrected chi connectivity index (χ3v) is 12.8. The minimum absolute atomic E-state index is 0.0440. The van der Waals surface area contributed by atoms with Gasteiger partial charge in [-0.15, -0.1) is 0 Å². The fraction of sp³-hybridized carbons (Fsp3) is 0.357. The summed E-state index contributed by atoms with van der Waals surface area (Å²) >= 11 is 12.9. The van der Waals surface area contributed by atoms with Gasteiger partial charge in [0.2, 0.25) is 5.95 Å². The maximum Gasteiger partial charge on any atom is 0.329 e. The zero-order valence-electron chi connectivity index (χ0n) is 23.4. The SMILES string of the molecule is Cn1nccc1Nc1ncc(Cl)c(-c2cc3n(c2)C(=O)N([C@H](CO[Si](C)(C)C(C)(C)C)c2cccc(Cl)c2)C3)n1. The predicted octanol–water partition coefficient (Wildman–Crippen LogP) is 7.28. The Labute approximate surface area is 245 Å². The molecule has 40 heavy (non-hydrogen) atoms. The summed E-state index contributed by atoms with van der Waals surface area (Å²) in [5.41, 5.74) is 3.06. The lowest BCUT2D eigenvalue weighted by Crippen LogP contribution is -2.44. The van der Waals surface area contributed by atoms with Crippen LogP contribution in [0.15, 0.2) is 55.0 Å². The molecule has 3 aromatic heterocycles. The number of fused-ring (bicyclic) bond motifs is 1. The van der Waals surface area contributed by atoms with Crippen molar-refractivity contribution in [2.45, 2.75) is 51.5 Å². The number of amides is 1. The largest absolute Gasteiger partial charge is 0.414 e. The number of hydrogen-bond donors (Lipinski definition) is 1. The van der Waals surface area contributed by atoms with E-state index >= 15 is 0 Å². The van der Waals surface area contributed by atoms with Crippen LogP contribution in [0.3, 0.4) is 0 Å². The second-order valence-electron chi connectivity index (χ2n) is 11.5. The number of carbonyl (C=O) groups is 1. The second-order valence-corrected chi connectivity index (χ2v) is 17.2. The van der Waals surface area contributed by atoms with Crippen molar-refractivity contribution in [3.05, 3.63) is 76.3 Å². The van der Waals surface area contributed by atoms with Gasteiger partial charge in [-0.25, -0.2) is 14.8 Å². The zero-order valence-corrected chi connectivity index (χ0v) is 26.0. The van der Waals surface area contributed by atoms with Crippen LogP contribution in [-0.4, -0.2) is 50.2 Å². The highest BCUT2D eigenvalue weighted by atomic mass is 35.5. The molecular formula is C28H33Cl2N7O2Si. The van der Waals surface area contributed by atoms with E-state index in [-0.39, 0.29) is 17.1 Å². The van der Waals surface area contributed by atoms with Gasteiger partial charge < -0.3 is 14.6 Å². The number of carbonyl (C=O) groups excluding carboxylic acids is 1. The van der Waals surface area contributed by atoms with Crippen LogP contribution in [-0.2, 0) is 18.0 Å². The normalized spacial score (nSPS) is 14.5. The maximum atomic E-state index is 13.8. The van der Waals surface area contributed by atoms with Gasteiger partial charge in [-0.2, -0.15) is 5.10 Å². The van der Waals surface area contributed by atoms with Crippen LogP contribution in [0.5, 0.6) is 0 Å². The van der Waals surface area contributed by atoms with E-state index in [4.69, 9.17) is 27.6 Å². The van der Waals surface area contributed by atoms with Crippen molar-refractivity contribution in [2.24, 2.45) is 7.05 Å². The molecule has 0 fully saturated rings. The number of benzene rings is 1. The van der Waals surface area contributed by atoms with Gasteiger partial charge in [0.1, 0.15) is 5.82 Å². The molecule has 12 heteroatoms. The molecule has 1 N–H and O–H groups in total. The number of anilines is 2. The highest BCUT2D eigenvalue weighted by Crippen LogP contribution is 2.39. The monoisotopic (exact) mass is 597 g/mol. The second kappa shape index (κ2) is 10.7. The zero-order chi connectivity index (χ0) is 28.8. The van der Waals surface area contributed by atoms with Crippen molar-refractivity contribution in [1.82, 2.24) is 29.2 Å². The molecule has 0 unspecified atom stereocenters. The lowest BCUT2D eigenvalue weighted by molar-refractivity contribution is 0.144. The molecule has 0 spiro atoms. The molecule has 0 aliphatic carbocycles. The van der Waals surface area contributed by atoms with Gasteiger partial charge in [0, 0.05) is 35.6 Å². The van der Waals surface area contributed by atoms with Crippen molar-refractivity contribution in [3.63, 3.8) is 0 Å². The van der Waals surface area contributed by atoms with Crippen LogP contribution in [0.4, 0.5) is 16.6 Å². The summed E-state index contributed by atoms with van der Waals surface area (Å²) in [4.78, 5) is 24.5. The van der Waals surface area contributed by atoms with E-state index in [2.05, 4.69) is 54.2 Å². The minimum Gasteiger partial charge on any atom is -0.414 e. The van der Waals surface area contributed by atoms with Crippen molar-refractivity contribution < 1.29 is 9.22 Å². The molecule has 0 saturated carbocycles. The molecule has 1 aliphatic rings. The molecule has 9 nitrogen and oxygen atoms in total. The Hall–Kier alpha value is -3.18. The molecular weight excluding hydrogens is 565 g/mol. The number of aromatic nitrogens is 5. The molecule has 1 aliphatic heterocycles. The van der Waals surface area contributed by atoms with Crippen molar-refractivity contribution >= 4 is 49.3 Å². The standard InChI is InChI=1S/C28H33Cl2N7O2Si/c1-28(2,3)40(5,6)39-17-23(18-8-7-9-20(29)12-18)37-16-21-13-19(15-36(21)27(37)38)25-22(30)14-31-26(34-25)33-24-10-11-32-35(24)4/h7-15,23H,16-17H2,1-6H3,(H,31,33,34)/t23-/m1/s1. The molecule has 4 aromatic rings. The quantitative estimate of drug-likeness (QED) is 0.215. The predicted molar refractivity (Wildman–Crippen MR) is 161 cm³/mol. The summed E-state index contributed by atoms with van der Waals surface area (Å²) in [5, 5.41) is 8.36. The molecule has 0 radical (unpaired) electrons. The maximum absolute atomic E-state index is 13.8. The lowest BCUT2D eigenvalue weighted by atomic mass is 10.1. The Balaban J connectivity index is 1.42. The summed E-state index contributed by atoms with van der Waals surface area (Å²) in [6.07, 6.45) is 5.01. The molecule has 5 rings (SSSR count). The van der Waals surface area contributed by atoms with E-state index in [0.29, 0.717) is 34.8 Å². The molecule has 210 valence electrons. The van der Waals surface area contributed by atoms with E-state index in [1.807, 2.05) is 48.3 Å². The van der Waals surface area contributed by atoms with Gasteiger partial charge >= 0.3 is 6.03 Å². The fourth-order valence-electron chi connectivity index (χ4n) is 4.39. The highest BCUT2D eigenvalue weighted by molar-refractivity contribution is 6.74. The Bertz CT molecular complexity index is 1560. The summed E-state index contributed by atoms with van der Waals surface area (Å²) < 4.78 is 9.95. The first-order valence-corrected chi connectivity index (χ1v) is 16.7. The fourth-order valence-corrected chi connectivity index (χ4v) is 5.79. The summed E-state index contributed by atoms with van der Waals surface area (Å²) in [6, 6.07) is 11.0. The Morgan fingerprint density at radius 3 is 2.60 bits per heavy atom. The number of rotatable bonds is 8. The van der Waals surface area contributed by atoms with E-state index < -0.39 is 8.32 Å². The van der Waals surface area contributed by atoms with Crippen LogP contribution in [0.25, 0.3) is 11.3 Å². The van der Waals surface area contributed by atoms with Crippen LogP contribution >= 0.6 is 23.2 Å². The lowest BCUT2D eigenvalue weighted by Gasteiger charge is -2.38. The first-order chi connectivity index (χ1) is 18.8. The van der Waals surface area contributed by atoms with Crippen molar-refractivity contribution in [3.8, 4) is 11.3 Å². The van der Waals surface area contributed by atoms with Crippen LogP contribution in [0, 0.1) is 0 Å². The van der Waals surface area contributed by atoms with Crippen LogP contribution < -0.4 is 5.32 Å². The Morgan fingerprint density at radius 2 is 1.95 bits per heavy atom. The number of halogens is 2. The van der Waals surface area contributed by atoms with Crippen molar-refractivity contribution in [2.75, 3.05) is 11.9 Å². The van der Waals surface area contributed by atoms with E-state index in [9.17, 15) is 4.79 Å². The first-order valence-electron chi connectivity index (χ1n) is 13.0. The summed E-state index contributed by atoms with van der Waals surface area (Å²) in [6.45, 7) is 11.9. The van der Waals surface area contributed by atoms with Crippen LogP contribution in [0.2, 0.25) is 28.2 Å². The number of nitrogens with one attached hydrogen (secondary N) is 1. The molecule has 0 saturated heterocycles. The third-order valence-electron chi connectivity index (χ3n) is 7.78. The first kappa shape index (κ1) is 28.3.